The number of aryl methyl sites for hydroxylation is 1. The van der Waals surface area contributed by atoms with Crippen LogP contribution in [0.5, 0.6) is 0 Å². The smallest absolute Gasteiger partial charge is 0.128 e. The van der Waals surface area contributed by atoms with Crippen LogP contribution in [0, 0.1) is 12.7 Å². The molecular weight excluding hydrogens is 223 g/mol. The molecule has 0 amide bonds. The first-order valence-electron chi connectivity index (χ1n) is 5.39. The topological polar surface area (TPSA) is 58.7 Å². The monoisotopic (exact) mass is 242 g/mol. The van der Waals surface area contributed by atoms with Crippen molar-refractivity contribution >= 4 is 11.4 Å². The molecule has 0 aliphatic heterocycles. The molecular formula is C12H19FN2O2. The van der Waals surface area contributed by atoms with Crippen LogP contribution >= 0.6 is 0 Å². The Kier molecular flexibility index (Phi) is 4.72. The van der Waals surface area contributed by atoms with Gasteiger partial charge in [0.25, 0.3) is 0 Å². The van der Waals surface area contributed by atoms with Crippen molar-refractivity contribution in [2.24, 2.45) is 0 Å². The Balaban J connectivity index is 2.81. The van der Waals surface area contributed by atoms with E-state index in [4.69, 9.17) is 10.5 Å². The SMILES string of the molecule is COCC(O)CN(C)c1cc(C)c(F)cc1N. The van der Waals surface area contributed by atoms with Crippen molar-refractivity contribution in [2.45, 2.75) is 13.0 Å². The average Bonchev–Trinajstić information content (AvgIpc) is 2.23. The quantitative estimate of drug-likeness (QED) is 0.761. The molecule has 4 nitrogen and oxygen atoms in total. The molecule has 17 heavy (non-hydrogen) atoms. The Labute approximate surface area is 101 Å². The number of nitrogens with zero attached hydrogens (tertiary/aromatic N) is 1. The molecule has 0 saturated carbocycles. The van der Waals surface area contributed by atoms with Gasteiger partial charge in [-0.2, -0.15) is 0 Å². The summed E-state index contributed by atoms with van der Waals surface area (Å²) in [4.78, 5) is 1.78. The molecule has 0 fully saturated rings. The summed E-state index contributed by atoms with van der Waals surface area (Å²) < 4.78 is 18.1. The molecule has 1 aromatic rings. The summed E-state index contributed by atoms with van der Waals surface area (Å²) in [6.45, 7) is 2.31. The van der Waals surface area contributed by atoms with E-state index in [0.717, 1.165) is 0 Å². The molecule has 0 bridgehead atoms. The molecule has 0 aliphatic carbocycles. The van der Waals surface area contributed by atoms with Gasteiger partial charge in [0, 0.05) is 20.7 Å². The van der Waals surface area contributed by atoms with Gasteiger partial charge in [-0.1, -0.05) is 0 Å². The first-order chi connectivity index (χ1) is 7.95. The number of anilines is 2. The molecule has 0 heterocycles. The number of rotatable bonds is 5. The molecule has 0 spiro atoms. The van der Waals surface area contributed by atoms with Crippen LogP contribution in [0.2, 0.25) is 0 Å². The third-order valence-corrected chi connectivity index (χ3v) is 2.56. The van der Waals surface area contributed by atoms with Gasteiger partial charge >= 0.3 is 0 Å². The van der Waals surface area contributed by atoms with Crippen molar-refractivity contribution in [1.29, 1.82) is 0 Å². The minimum absolute atomic E-state index is 0.254. The van der Waals surface area contributed by atoms with Gasteiger partial charge in [-0.3, -0.25) is 0 Å². The van der Waals surface area contributed by atoms with E-state index < -0.39 is 6.10 Å². The third-order valence-electron chi connectivity index (χ3n) is 2.56. The van der Waals surface area contributed by atoms with Crippen LogP contribution in [0.25, 0.3) is 0 Å². The van der Waals surface area contributed by atoms with Gasteiger partial charge in [0.15, 0.2) is 0 Å². The molecule has 1 aromatic carbocycles. The highest BCUT2D eigenvalue weighted by Gasteiger charge is 2.12. The fourth-order valence-electron chi connectivity index (χ4n) is 1.67. The number of hydrogen-bond donors (Lipinski definition) is 2. The van der Waals surface area contributed by atoms with E-state index >= 15 is 0 Å². The van der Waals surface area contributed by atoms with Gasteiger partial charge in [-0.15, -0.1) is 0 Å². The van der Waals surface area contributed by atoms with E-state index in [0.29, 0.717) is 23.5 Å². The Morgan fingerprint density at radius 2 is 2.18 bits per heavy atom. The maximum absolute atomic E-state index is 13.2. The van der Waals surface area contributed by atoms with Crippen molar-refractivity contribution < 1.29 is 14.2 Å². The van der Waals surface area contributed by atoms with Crippen LogP contribution in [0.15, 0.2) is 12.1 Å². The molecule has 0 aromatic heterocycles. The molecule has 0 saturated heterocycles. The molecule has 1 rings (SSSR count). The molecule has 1 unspecified atom stereocenters. The Bertz CT molecular complexity index is 385. The van der Waals surface area contributed by atoms with E-state index in [2.05, 4.69) is 0 Å². The van der Waals surface area contributed by atoms with Gasteiger partial charge in [0.2, 0.25) is 0 Å². The van der Waals surface area contributed by atoms with Gasteiger partial charge in [0.05, 0.1) is 24.1 Å². The van der Waals surface area contributed by atoms with E-state index in [9.17, 15) is 9.50 Å². The first-order valence-corrected chi connectivity index (χ1v) is 5.39. The highest BCUT2D eigenvalue weighted by atomic mass is 19.1. The number of nitrogens with two attached hydrogens (primary N) is 1. The standard InChI is InChI=1S/C12H19FN2O2/c1-8-4-12(11(14)5-10(8)13)15(2)6-9(16)7-17-3/h4-5,9,16H,6-7,14H2,1-3H3. The fraction of sp³-hybridized carbons (Fsp3) is 0.500. The van der Waals surface area contributed by atoms with Crippen LogP contribution in [0.3, 0.4) is 0 Å². The molecule has 0 aliphatic rings. The molecule has 5 heteroatoms. The second-order valence-corrected chi connectivity index (χ2v) is 4.15. The van der Waals surface area contributed by atoms with Crippen molar-refractivity contribution in [3.05, 3.63) is 23.5 Å². The van der Waals surface area contributed by atoms with Gasteiger partial charge in [-0.25, -0.2) is 4.39 Å². The fourth-order valence-corrected chi connectivity index (χ4v) is 1.67. The molecule has 96 valence electrons. The van der Waals surface area contributed by atoms with Crippen LogP contribution in [0.1, 0.15) is 5.56 Å². The lowest BCUT2D eigenvalue weighted by Gasteiger charge is -2.24. The highest BCUT2D eigenvalue weighted by Crippen LogP contribution is 2.25. The zero-order valence-electron chi connectivity index (χ0n) is 10.4. The van der Waals surface area contributed by atoms with Crippen molar-refractivity contribution in [3.8, 4) is 0 Å². The summed E-state index contributed by atoms with van der Waals surface area (Å²) >= 11 is 0. The summed E-state index contributed by atoms with van der Waals surface area (Å²) in [7, 11) is 3.32. The summed E-state index contributed by atoms with van der Waals surface area (Å²) in [6.07, 6.45) is -0.602. The zero-order chi connectivity index (χ0) is 13.0. The van der Waals surface area contributed by atoms with Crippen molar-refractivity contribution in [3.63, 3.8) is 0 Å². The van der Waals surface area contributed by atoms with E-state index in [1.807, 2.05) is 0 Å². The zero-order valence-corrected chi connectivity index (χ0v) is 10.4. The molecule has 0 radical (unpaired) electrons. The summed E-state index contributed by atoms with van der Waals surface area (Å²) in [5, 5.41) is 9.61. The average molecular weight is 242 g/mol. The number of hydrogen-bond acceptors (Lipinski definition) is 4. The van der Waals surface area contributed by atoms with E-state index in [-0.39, 0.29) is 12.4 Å². The van der Waals surface area contributed by atoms with Gasteiger partial charge in [-0.05, 0) is 24.6 Å². The highest BCUT2D eigenvalue weighted by molar-refractivity contribution is 5.68. The number of halogens is 1. The van der Waals surface area contributed by atoms with Gasteiger partial charge < -0.3 is 20.5 Å². The second kappa shape index (κ2) is 5.84. The lowest BCUT2D eigenvalue weighted by molar-refractivity contribution is 0.0695. The lowest BCUT2D eigenvalue weighted by Crippen LogP contribution is -2.32. The predicted octanol–water partition coefficient (Wildman–Crippen LogP) is 1.16. The largest absolute Gasteiger partial charge is 0.397 e. The third kappa shape index (κ3) is 3.57. The van der Waals surface area contributed by atoms with Gasteiger partial charge in [0.1, 0.15) is 5.82 Å². The summed E-state index contributed by atoms with van der Waals surface area (Å²) in [5.41, 5.74) is 7.34. The van der Waals surface area contributed by atoms with Crippen molar-refractivity contribution in [2.75, 3.05) is 37.9 Å². The number of methoxy groups -OCH3 is 1. The Hall–Kier alpha value is -1.33. The number of aliphatic hydroxyl groups excluding tert-OH is 1. The summed E-state index contributed by atoms with van der Waals surface area (Å²) in [6, 6.07) is 2.97. The number of ether oxygens (including phenoxy) is 1. The van der Waals surface area contributed by atoms with Crippen LogP contribution in [0.4, 0.5) is 15.8 Å². The maximum atomic E-state index is 13.2. The van der Waals surface area contributed by atoms with Crippen LogP contribution in [-0.4, -0.2) is 38.5 Å². The van der Waals surface area contributed by atoms with Crippen LogP contribution in [-0.2, 0) is 4.74 Å². The maximum Gasteiger partial charge on any atom is 0.128 e. The van der Waals surface area contributed by atoms with E-state index in [1.54, 1.807) is 24.9 Å². The number of nitrogen functional groups attached to an aromatic ring is 1. The number of likely N-dealkylation sites (N-methyl/N-ethyl adjacent to an activating group) is 1. The minimum atomic E-state index is -0.602. The minimum Gasteiger partial charge on any atom is -0.397 e. The second-order valence-electron chi connectivity index (χ2n) is 4.15. The first kappa shape index (κ1) is 13.7. The molecule has 1 atom stereocenters. The van der Waals surface area contributed by atoms with Crippen LogP contribution < -0.4 is 10.6 Å². The van der Waals surface area contributed by atoms with E-state index in [1.165, 1.54) is 13.2 Å². The predicted molar refractivity (Wildman–Crippen MR) is 66.7 cm³/mol. The normalized spacial score (nSPS) is 12.5. The Morgan fingerprint density at radius 3 is 2.76 bits per heavy atom. The summed E-state index contributed by atoms with van der Waals surface area (Å²) in [5.74, 6) is -0.322. The van der Waals surface area contributed by atoms with Crippen molar-refractivity contribution in [1.82, 2.24) is 0 Å². The lowest BCUT2D eigenvalue weighted by atomic mass is 10.1. The molecule has 3 N–H and O–H groups in total. The number of aliphatic hydroxyl groups is 1. The Morgan fingerprint density at radius 1 is 1.53 bits per heavy atom. The number of benzene rings is 1.